The van der Waals surface area contributed by atoms with E-state index in [2.05, 4.69) is 20.6 Å². The first kappa shape index (κ1) is 18.2. The summed E-state index contributed by atoms with van der Waals surface area (Å²) in [6.07, 6.45) is 0.0609. The highest BCUT2D eigenvalue weighted by Gasteiger charge is 2.30. The fourth-order valence-corrected chi connectivity index (χ4v) is 2.97. The molecule has 2 aromatic rings. The van der Waals surface area contributed by atoms with Crippen molar-refractivity contribution >= 4 is 17.4 Å². The van der Waals surface area contributed by atoms with Crippen molar-refractivity contribution in [1.29, 1.82) is 0 Å². The van der Waals surface area contributed by atoms with Gasteiger partial charge in [-0.05, 0) is 44.0 Å². The van der Waals surface area contributed by atoms with Crippen LogP contribution in [0, 0.1) is 6.92 Å². The van der Waals surface area contributed by atoms with Gasteiger partial charge in [0.2, 0.25) is 0 Å². The van der Waals surface area contributed by atoms with Crippen molar-refractivity contribution in [3.63, 3.8) is 0 Å². The third kappa shape index (κ3) is 4.50. The zero-order valence-electron chi connectivity index (χ0n) is 14.2. The molecule has 26 heavy (non-hydrogen) atoms. The van der Waals surface area contributed by atoms with Crippen molar-refractivity contribution in [3.05, 3.63) is 47.4 Å². The van der Waals surface area contributed by atoms with Crippen LogP contribution in [0.5, 0.6) is 0 Å². The molecule has 1 fully saturated rings. The molecular weight excluding hydrogens is 345 g/mol. The van der Waals surface area contributed by atoms with E-state index in [0.717, 1.165) is 25.0 Å². The van der Waals surface area contributed by atoms with Crippen molar-refractivity contribution in [2.45, 2.75) is 44.8 Å². The summed E-state index contributed by atoms with van der Waals surface area (Å²) in [5.41, 5.74) is -0.334. The van der Waals surface area contributed by atoms with Crippen LogP contribution in [0.15, 0.2) is 30.3 Å². The van der Waals surface area contributed by atoms with Gasteiger partial charge in [0.05, 0.1) is 5.56 Å². The molecule has 1 heterocycles. The first-order chi connectivity index (χ1) is 12.3. The minimum absolute atomic E-state index is 0.165. The van der Waals surface area contributed by atoms with Crippen LogP contribution in [0.4, 0.5) is 24.7 Å². The van der Waals surface area contributed by atoms with Gasteiger partial charge in [0, 0.05) is 17.8 Å². The third-order valence-electron chi connectivity index (χ3n) is 4.25. The number of anilines is 2. The SMILES string of the molecule is Cc1nc(NC2CCCC2)cc(C(=O)Nc2ccc(C(F)(F)F)cc2)n1. The number of carbonyl (C=O) groups excluding carboxylic acids is 1. The average molecular weight is 364 g/mol. The van der Waals surface area contributed by atoms with Gasteiger partial charge in [-0.15, -0.1) is 0 Å². The Balaban J connectivity index is 1.71. The number of amides is 1. The van der Waals surface area contributed by atoms with E-state index in [1.807, 2.05) is 0 Å². The van der Waals surface area contributed by atoms with Gasteiger partial charge in [-0.2, -0.15) is 13.2 Å². The molecule has 0 atom stereocenters. The highest BCUT2D eigenvalue weighted by atomic mass is 19.4. The molecule has 1 aromatic carbocycles. The summed E-state index contributed by atoms with van der Waals surface area (Å²) in [5, 5.41) is 5.87. The summed E-state index contributed by atoms with van der Waals surface area (Å²) in [7, 11) is 0. The molecular formula is C18H19F3N4O. The van der Waals surface area contributed by atoms with Gasteiger partial charge >= 0.3 is 6.18 Å². The van der Waals surface area contributed by atoms with Crippen LogP contribution in [0.1, 0.15) is 47.6 Å². The van der Waals surface area contributed by atoms with Crippen LogP contribution in [0.2, 0.25) is 0 Å². The van der Waals surface area contributed by atoms with Gasteiger partial charge in [-0.25, -0.2) is 9.97 Å². The van der Waals surface area contributed by atoms with Crippen molar-refractivity contribution in [3.8, 4) is 0 Å². The van der Waals surface area contributed by atoms with E-state index in [4.69, 9.17) is 0 Å². The Labute approximate surface area is 149 Å². The number of carbonyl (C=O) groups is 1. The van der Waals surface area contributed by atoms with Gasteiger partial charge < -0.3 is 10.6 Å². The zero-order valence-corrected chi connectivity index (χ0v) is 14.2. The number of rotatable bonds is 4. The van der Waals surface area contributed by atoms with Gasteiger partial charge in [0.15, 0.2) is 0 Å². The van der Waals surface area contributed by atoms with Crippen molar-refractivity contribution in [2.75, 3.05) is 10.6 Å². The Morgan fingerprint density at radius 3 is 2.38 bits per heavy atom. The number of aryl methyl sites for hydroxylation is 1. The minimum Gasteiger partial charge on any atom is -0.367 e. The van der Waals surface area contributed by atoms with Crippen LogP contribution in [0.3, 0.4) is 0 Å². The molecule has 1 saturated carbocycles. The summed E-state index contributed by atoms with van der Waals surface area (Å²) in [5.74, 6) is 0.539. The standard InChI is InChI=1S/C18H19F3N4O/c1-11-22-15(10-16(23-11)24-13-4-2-3-5-13)17(26)25-14-8-6-12(7-9-14)18(19,20)21/h6-10,13H,2-5H2,1H3,(H,25,26)(H,22,23,24). The van der Waals surface area contributed by atoms with Gasteiger partial charge in [-0.3, -0.25) is 4.79 Å². The van der Waals surface area contributed by atoms with Crippen LogP contribution in [0.25, 0.3) is 0 Å². The van der Waals surface area contributed by atoms with E-state index in [1.54, 1.807) is 13.0 Å². The van der Waals surface area contributed by atoms with Crippen molar-refractivity contribution in [1.82, 2.24) is 9.97 Å². The summed E-state index contributed by atoms with van der Waals surface area (Å²) in [6.45, 7) is 1.69. The number of nitrogens with zero attached hydrogens (tertiary/aromatic N) is 2. The maximum Gasteiger partial charge on any atom is 0.416 e. The minimum atomic E-state index is -4.41. The lowest BCUT2D eigenvalue weighted by Crippen LogP contribution is -2.19. The van der Waals surface area contributed by atoms with Crippen molar-refractivity contribution in [2.24, 2.45) is 0 Å². The smallest absolute Gasteiger partial charge is 0.367 e. The van der Waals surface area contributed by atoms with Crippen LogP contribution in [-0.4, -0.2) is 21.9 Å². The second-order valence-corrected chi connectivity index (χ2v) is 6.34. The highest BCUT2D eigenvalue weighted by molar-refractivity contribution is 6.03. The number of nitrogens with one attached hydrogen (secondary N) is 2. The molecule has 5 nitrogen and oxygen atoms in total. The summed E-state index contributed by atoms with van der Waals surface area (Å²) >= 11 is 0. The Bertz CT molecular complexity index is 784. The number of hydrogen-bond donors (Lipinski definition) is 2. The Kier molecular flexibility index (Phi) is 5.11. The van der Waals surface area contributed by atoms with Gasteiger partial charge in [0.25, 0.3) is 5.91 Å². The molecule has 0 radical (unpaired) electrons. The molecule has 1 aliphatic rings. The molecule has 1 aliphatic carbocycles. The molecule has 0 spiro atoms. The fraction of sp³-hybridized carbons (Fsp3) is 0.389. The fourth-order valence-electron chi connectivity index (χ4n) is 2.97. The van der Waals surface area contributed by atoms with E-state index >= 15 is 0 Å². The summed E-state index contributed by atoms with van der Waals surface area (Å²) < 4.78 is 37.8. The quantitative estimate of drug-likeness (QED) is 0.843. The van der Waals surface area contributed by atoms with Gasteiger partial charge in [-0.1, -0.05) is 12.8 Å². The number of hydrogen-bond acceptors (Lipinski definition) is 4. The largest absolute Gasteiger partial charge is 0.416 e. The molecule has 0 unspecified atom stereocenters. The maximum absolute atomic E-state index is 12.6. The predicted octanol–water partition coefficient (Wildman–Crippen LogP) is 4.41. The lowest BCUT2D eigenvalue weighted by Gasteiger charge is -2.14. The molecule has 1 amide bonds. The molecule has 138 valence electrons. The number of benzene rings is 1. The summed E-state index contributed by atoms with van der Waals surface area (Å²) in [4.78, 5) is 20.8. The predicted molar refractivity (Wildman–Crippen MR) is 92.0 cm³/mol. The molecule has 0 bridgehead atoms. The molecule has 1 aromatic heterocycles. The Hall–Kier alpha value is -2.64. The van der Waals surface area contributed by atoms with E-state index in [9.17, 15) is 18.0 Å². The van der Waals surface area contributed by atoms with E-state index < -0.39 is 17.6 Å². The van der Waals surface area contributed by atoms with Crippen LogP contribution < -0.4 is 10.6 Å². The third-order valence-corrected chi connectivity index (χ3v) is 4.25. The number of alkyl halides is 3. The van der Waals surface area contributed by atoms with Crippen molar-refractivity contribution < 1.29 is 18.0 Å². The topological polar surface area (TPSA) is 66.9 Å². The lowest BCUT2D eigenvalue weighted by molar-refractivity contribution is -0.137. The molecule has 0 saturated heterocycles. The molecule has 0 aliphatic heterocycles. The van der Waals surface area contributed by atoms with E-state index in [-0.39, 0.29) is 11.4 Å². The monoisotopic (exact) mass is 364 g/mol. The van der Waals surface area contributed by atoms with Crippen LogP contribution in [-0.2, 0) is 6.18 Å². The average Bonchev–Trinajstić information content (AvgIpc) is 3.07. The second-order valence-electron chi connectivity index (χ2n) is 6.34. The molecule has 3 rings (SSSR count). The number of aromatic nitrogens is 2. The second kappa shape index (κ2) is 7.31. The molecule has 2 N–H and O–H groups in total. The Morgan fingerprint density at radius 1 is 1.12 bits per heavy atom. The highest BCUT2D eigenvalue weighted by Crippen LogP contribution is 2.30. The summed E-state index contributed by atoms with van der Waals surface area (Å²) in [6, 6.07) is 6.18. The van der Waals surface area contributed by atoms with Crippen LogP contribution >= 0.6 is 0 Å². The first-order valence-electron chi connectivity index (χ1n) is 8.42. The zero-order chi connectivity index (χ0) is 18.7. The number of halogens is 3. The Morgan fingerprint density at radius 2 is 1.77 bits per heavy atom. The molecule has 8 heteroatoms. The maximum atomic E-state index is 12.6. The normalized spacial score (nSPS) is 15.1. The van der Waals surface area contributed by atoms with E-state index in [1.165, 1.54) is 25.0 Å². The first-order valence-corrected chi connectivity index (χ1v) is 8.42. The van der Waals surface area contributed by atoms with Gasteiger partial charge in [0.1, 0.15) is 17.3 Å². The lowest BCUT2D eigenvalue weighted by atomic mass is 10.2. The van der Waals surface area contributed by atoms with E-state index in [0.29, 0.717) is 17.7 Å².